The lowest BCUT2D eigenvalue weighted by Gasteiger charge is -2.10. The van der Waals surface area contributed by atoms with Crippen molar-refractivity contribution in [2.24, 2.45) is 10.4 Å². The van der Waals surface area contributed by atoms with Crippen LogP contribution in [0.15, 0.2) is 17.6 Å². The third-order valence-corrected chi connectivity index (χ3v) is 1.01. The number of nitrogens with one attached hydrogen (secondary N) is 1. The van der Waals surface area contributed by atoms with E-state index < -0.39 is 0 Å². The molecule has 0 aromatic carbocycles. The molecule has 0 aliphatic heterocycles. The van der Waals surface area contributed by atoms with Gasteiger partial charge in [0.05, 0.1) is 0 Å². The Morgan fingerprint density at radius 3 is 2.09 bits per heavy atom. The minimum atomic E-state index is -0.0858. The summed E-state index contributed by atoms with van der Waals surface area (Å²) < 4.78 is 0. The summed E-state index contributed by atoms with van der Waals surface area (Å²) in [4.78, 5) is 3.66. The van der Waals surface area contributed by atoms with E-state index in [4.69, 9.17) is 5.41 Å². The quantitative estimate of drug-likeness (QED) is 0.368. The predicted octanol–water partition coefficient (Wildman–Crippen LogP) is 2.90. The number of allylic oxidation sites excluding steroid dienone is 1. The van der Waals surface area contributed by atoms with E-state index in [1.807, 2.05) is 27.7 Å². The topological polar surface area (TPSA) is 36.2 Å². The molecule has 0 aromatic heterocycles. The molecule has 0 bridgehead atoms. The fourth-order valence-corrected chi connectivity index (χ4v) is 0.282. The largest absolute Gasteiger partial charge is 0.290 e. The first-order chi connectivity index (χ1) is 5.12. The van der Waals surface area contributed by atoms with Crippen molar-refractivity contribution < 1.29 is 0 Å². The number of hydrogen-bond acceptors (Lipinski definition) is 1. The molecule has 0 heterocycles. The van der Waals surface area contributed by atoms with Crippen molar-refractivity contribution in [1.29, 1.82) is 5.41 Å². The average molecular weight is 154 g/mol. The van der Waals surface area contributed by atoms with E-state index in [0.717, 1.165) is 6.34 Å². The molecule has 0 aliphatic rings. The molecule has 2 nitrogen and oxygen atoms in total. The second kappa shape index (κ2) is 7.19. The fraction of sp³-hybridized carbons (Fsp3) is 0.556. The van der Waals surface area contributed by atoms with Crippen LogP contribution in [0.5, 0.6) is 0 Å². The molecule has 64 valence electrons. The van der Waals surface area contributed by atoms with Crippen LogP contribution in [0.3, 0.4) is 0 Å². The van der Waals surface area contributed by atoms with Crippen LogP contribution in [0.4, 0.5) is 0 Å². The maximum absolute atomic E-state index is 6.60. The van der Waals surface area contributed by atoms with Crippen LogP contribution in [-0.2, 0) is 0 Å². The second-order valence-corrected chi connectivity index (χ2v) is 2.43. The maximum Gasteiger partial charge on any atom is 0.106 e. The first-order valence-corrected chi connectivity index (χ1v) is 3.79. The molecule has 0 spiro atoms. The van der Waals surface area contributed by atoms with Gasteiger partial charge < -0.3 is 0 Å². The predicted molar refractivity (Wildman–Crippen MR) is 52.6 cm³/mol. The van der Waals surface area contributed by atoms with Gasteiger partial charge in [0, 0.05) is 11.6 Å². The third kappa shape index (κ3) is 9.08. The third-order valence-electron chi connectivity index (χ3n) is 1.01. The van der Waals surface area contributed by atoms with Gasteiger partial charge in [-0.25, -0.2) is 4.99 Å². The lowest BCUT2D eigenvalue weighted by atomic mass is 9.96. The molecular formula is C9H18N2. The normalized spacial score (nSPS) is 10.2. The molecular weight excluding hydrogens is 136 g/mol. The molecule has 1 N–H and O–H groups in total. The standard InChI is InChI=1S/C7H12N2.C2H6/c1-4-7(2,3)5-9-6-8;1-2/h4-6,8H,1H2,2-3H3;1-2H3. The van der Waals surface area contributed by atoms with E-state index >= 15 is 0 Å². The lowest BCUT2D eigenvalue weighted by Crippen LogP contribution is -2.07. The van der Waals surface area contributed by atoms with Crippen LogP contribution in [-0.4, -0.2) is 12.6 Å². The van der Waals surface area contributed by atoms with E-state index in [0.29, 0.717) is 0 Å². The minimum absolute atomic E-state index is 0.0858. The highest BCUT2D eigenvalue weighted by molar-refractivity contribution is 5.76. The Hall–Kier alpha value is -0.920. The van der Waals surface area contributed by atoms with Crippen LogP contribution >= 0.6 is 0 Å². The van der Waals surface area contributed by atoms with Gasteiger partial charge in [0.15, 0.2) is 0 Å². The first-order valence-electron chi connectivity index (χ1n) is 3.79. The van der Waals surface area contributed by atoms with E-state index in [9.17, 15) is 0 Å². The van der Waals surface area contributed by atoms with Crippen LogP contribution in [0.25, 0.3) is 0 Å². The van der Waals surface area contributed by atoms with Crippen molar-refractivity contribution >= 4 is 12.6 Å². The zero-order chi connectivity index (χ0) is 9.33. The highest BCUT2D eigenvalue weighted by Crippen LogP contribution is 2.11. The first kappa shape index (κ1) is 12.7. The Labute approximate surface area is 69.6 Å². The smallest absolute Gasteiger partial charge is 0.106 e. The Morgan fingerprint density at radius 2 is 1.82 bits per heavy atom. The molecule has 0 saturated carbocycles. The van der Waals surface area contributed by atoms with Gasteiger partial charge in [-0.3, -0.25) is 5.41 Å². The Kier molecular flexibility index (Phi) is 8.32. The summed E-state index contributed by atoms with van der Waals surface area (Å²) >= 11 is 0. The minimum Gasteiger partial charge on any atom is -0.290 e. The summed E-state index contributed by atoms with van der Waals surface area (Å²) in [6.45, 7) is 11.6. The zero-order valence-corrected chi connectivity index (χ0v) is 7.89. The van der Waals surface area contributed by atoms with Gasteiger partial charge in [0.1, 0.15) is 6.34 Å². The summed E-state index contributed by atoms with van der Waals surface area (Å²) in [6, 6.07) is 0. The van der Waals surface area contributed by atoms with Crippen molar-refractivity contribution in [3.8, 4) is 0 Å². The lowest BCUT2D eigenvalue weighted by molar-refractivity contribution is 0.697. The van der Waals surface area contributed by atoms with Gasteiger partial charge in [-0.05, 0) is 0 Å². The van der Waals surface area contributed by atoms with Crippen molar-refractivity contribution in [2.45, 2.75) is 27.7 Å². The molecule has 2 heteroatoms. The van der Waals surface area contributed by atoms with Crippen LogP contribution in [0.1, 0.15) is 27.7 Å². The molecule has 0 aliphatic carbocycles. The van der Waals surface area contributed by atoms with Crippen molar-refractivity contribution in [3.63, 3.8) is 0 Å². The van der Waals surface area contributed by atoms with E-state index in [1.54, 1.807) is 12.3 Å². The average Bonchev–Trinajstić information content (AvgIpc) is 2.05. The van der Waals surface area contributed by atoms with Gasteiger partial charge >= 0.3 is 0 Å². The molecule has 0 unspecified atom stereocenters. The van der Waals surface area contributed by atoms with Crippen LogP contribution < -0.4 is 0 Å². The van der Waals surface area contributed by atoms with E-state index in [2.05, 4.69) is 11.6 Å². The van der Waals surface area contributed by atoms with E-state index in [-0.39, 0.29) is 5.41 Å². The van der Waals surface area contributed by atoms with Crippen molar-refractivity contribution in [2.75, 3.05) is 0 Å². The summed E-state index contributed by atoms with van der Waals surface area (Å²) in [7, 11) is 0. The Balaban J connectivity index is 0. The zero-order valence-electron chi connectivity index (χ0n) is 7.89. The van der Waals surface area contributed by atoms with E-state index in [1.165, 1.54) is 0 Å². The number of rotatable bonds is 3. The SMILES string of the molecule is C=CC(C)(C)C=NC=N.CC. The Bertz CT molecular complexity index is 134. The van der Waals surface area contributed by atoms with Gasteiger partial charge in [-0.2, -0.15) is 0 Å². The van der Waals surface area contributed by atoms with Crippen LogP contribution in [0.2, 0.25) is 0 Å². The van der Waals surface area contributed by atoms with Crippen LogP contribution in [0, 0.1) is 10.8 Å². The Morgan fingerprint density at radius 1 is 1.36 bits per heavy atom. The molecule has 0 amide bonds. The van der Waals surface area contributed by atoms with Gasteiger partial charge in [-0.1, -0.05) is 33.8 Å². The second-order valence-electron chi connectivity index (χ2n) is 2.43. The molecule has 0 rings (SSSR count). The summed E-state index contributed by atoms with van der Waals surface area (Å²) in [6.07, 6.45) is 4.50. The number of nitrogens with zero attached hydrogens (tertiary/aromatic N) is 1. The number of aliphatic imine (C=N–C) groups is 1. The summed E-state index contributed by atoms with van der Waals surface area (Å²) in [5.74, 6) is 0. The van der Waals surface area contributed by atoms with Gasteiger partial charge in [-0.15, -0.1) is 6.58 Å². The molecule has 0 aromatic rings. The molecule has 11 heavy (non-hydrogen) atoms. The molecule has 0 saturated heterocycles. The monoisotopic (exact) mass is 154 g/mol. The van der Waals surface area contributed by atoms with Crippen molar-refractivity contribution in [1.82, 2.24) is 0 Å². The van der Waals surface area contributed by atoms with Gasteiger partial charge in [0.2, 0.25) is 0 Å². The van der Waals surface area contributed by atoms with Gasteiger partial charge in [0.25, 0.3) is 0 Å². The molecule has 0 atom stereocenters. The summed E-state index contributed by atoms with van der Waals surface area (Å²) in [5.41, 5.74) is -0.0858. The maximum atomic E-state index is 6.60. The highest BCUT2D eigenvalue weighted by atomic mass is 14.7. The number of hydrogen-bond donors (Lipinski definition) is 1. The molecule has 0 fully saturated rings. The molecule has 0 radical (unpaired) electrons. The highest BCUT2D eigenvalue weighted by Gasteiger charge is 2.06. The summed E-state index contributed by atoms with van der Waals surface area (Å²) in [5, 5.41) is 6.60. The van der Waals surface area contributed by atoms with Crippen molar-refractivity contribution in [3.05, 3.63) is 12.7 Å². The fourth-order valence-electron chi connectivity index (χ4n) is 0.282.